The summed E-state index contributed by atoms with van der Waals surface area (Å²) in [4.78, 5) is 14.0. The summed E-state index contributed by atoms with van der Waals surface area (Å²) in [5.74, 6) is -1.15. The monoisotopic (exact) mass is 406 g/mol. The normalized spacial score (nSPS) is 16.3. The zero-order chi connectivity index (χ0) is 20.1. The standard InChI is InChI=1S/C20H20F2N2O3S/c21-17-6-8-19(9-7-17)28(26,27)24-12-2-11-23(13-14-24)20(25)10-5-16-3-1-4-18(22)15-16/h1,3-10,15H,2,11-14H2. The molecule has 148 valence electrons. The van der Waals surface area contributed by atoms with E-state index in [1.54, 1.807) is 17.0 Å². The molecule has 0 unspecified atom stereocenters. The van der Waals surface area contributed by atoms with Crippen molar-refractivity contribution in [2.75, 3.05) is 26.2 Å². The number of hydrogen-bond acceptors (Lipinski definition) is 3. The van der Waals surface area contributed by atoms with E-state index in [4.69, 9.17) is 0 Å². The minimum atomic E-state index is -3.74. The minimum absolute atomic E-state index is 0.0275. The molecule has 5 nitrogen and oxygen atoms in total. The van der Waals surface area contributed by atoms with Crippen LogP contribution in [-0.2, 0) is 14.8 Å². The van der Waals surface area contributed by atoms with E-state index in [0.29, 0.717) is 18.5 Å². The smallest absolute Gasteiger partial charge is 0.246 e. The highest BCUT2D eigenvalue weighted by molar-refractivity contribution is 7.89. The molecule has 2 aromatic rings. The minimum Gasteiger partial charge on any atom is -0.338 e. The molecule has 1 aliphatic heterocycles. The maximum Gasteiger partial charge on any atom is 0.246 e. The summed E-state index contributed by atoms with van der Waals surface area (Å²) in [5, 5.41) is 0. The van der Waals surface area contributed by atoms with Gasteiger partial charge in [-0.2, -0.15) is 4.31 Å². The van der Waals surface area contributed by atoms with Crippen LogP contribution in [0.25, 0.3) is 6.08 Å². The summed E-state index contributed by atoms with van der Waals surface area (Å²) in [6.45, 7) is 1.09. The molecule has 0 N–H and O–H groups in total. The van der Waals surface area contributed by atoms with Gasteiger partial charge in [0.15, 0.2) is 0 Å². The van der Waals surface area contributed by atoms with Crippen molar-refractivity contribution < 1.29 is 22.0 Å². The summed E-state index contributed by atoms with van der Waals surface area (Å²) >= 11 is 0. The number of rotatable bonds is 4. The van der Waals surface area contributed by atoms with Crippen LogP contribution >= 0.6 is 0 Å². The third kappa shape index (κ3) is 4.82. The van der Waals surface area contributed by atoms with Gasteiger partial charge in [-0.15, -0.1) is 0 Å². The average Bonchev–Trinajstić information content (AvgIpc) is 2.93. The van der Waals surface area contributed by atoms with Crippen LogP contribution in [0.15, 0.2) is 59.5 Å². The van der Waals surface area contributed by atoms with Gasteiger partial charge in [-0.3, -0.25) is 4.79 Å². The summed E-state index contributed by atoms with van der Waals surface area (Å²) in [5.41, 5.74) is 0.573. The third-order valence-electron chi connectivity index (χ3n) is 4.48. The van der Waals surface area contributed by atoms with Gasteiger partial charge in [-0.25, -0.2) is 17.2 Å². The number of nitrogens with zero attached hydrogens (tertiary/aromatic N) is 2. The second-order valence-electron chi connectivity index (χ2n) is 6.43. The van der Waals surface area contributed by atoms with Crippen LogP contribution in [0.1, 0.15) is 12.0 Å². The number of amides is 1. The molecule has 1 amide bonds. The summed E-state index contributed by atoms with van der Waals surface area (Å²) in [6.07, 6.45) is 3.38. The van der Waals surface area contributed by atoms with Gasteiger partial charge in [0.2, 0.25) is 15.9 Å². The molecule has 0 saturated carbocycles. The molecule has 0 bridgehead atoms. The molecule has 8 heteroatoms. The molecule has 0 aliphatic carbocycles. The molecular weight excluding hydrogens is 386 g/mol. The predicted molar refractivity (Wildman–Crippen MR) is 102 cm³/mol. The lowest BCUT2D eigenvalue weighted by Crippen LogP contribution is -2.36. The summed E-state index contributed by atoms with van der Waals surface area (Å²) in [6, 6.07) is 10.6. The van der Waals surface area contributed by atoms with E-state index in [1.165, 1.54) is 40.7 Å². The van der Waals surface area contributed by atoms with Crippen LogP contribution in [0.5, 0.6) is 0 Å². The Hall–Kier alpha value is -2.58. The first kappa shape index (κ1) is 20.2. The van der Waals surface area contributed by atoms with Crippen molar-refractivity contribution in [2.45, 2.75) is 11.3 Å². The lowest BCUT2D eigenvalue weighted by molar-refractivity contribution is -0.125. The first-order valence-electron chi connectivity index (χ1n) is 8.84. The van der Waals surface area contributed by atoms with Crippen molar-refractivity contribution in [3.63, 3.8) is 0 Å². The first-order chi connectivity index (χ1) is 13.4. The van der Waals surface area contributed by atoms with Crippen molar-refractivity contribution in [3.05, 3.63) is 71.8 Å². The van der Waals surface area contributed by atoms with E-state index in [0.717, 1.165) is 12.1 Å². The number of benzene rings is 2. The molecule has 0 radical (unpaired) electrons. The Morgan fingerprint density at radius 1 is 0.929 bits per heavy atom. The van der Waals surface area contributed by atoms with Gasteiger partial charge in [0.05, 0.1) is 4.90 Å². The van der Waals surface area contributed by atoms with Crippen molar-refractivity contribution >= 4 is 22.0 Å². The molecule has 0 spiro atoms. The van der Waals surface area contributed by atoms with Crippen molar-refractivity contribution in [3.8, 4) is 0 Å². The van der Waals surface area contributed by atoms with Crippen LogP contribution in [0.4, 0.5) is 8.78 Å². The van der Waals surface area contributed by atoms with Crippen molar-refractivity contribution in [1.29, 1.82) is 0 Å². The van der Waals surface area contributed by atoms with E-state index in [9.17, 15) is 22.0 Å². The Labute approximate surface area is 162 Å². The second-order valence-corrected chi connectivity index (χ2v) is 8.36. The Kier molecular flexibility index (Phi) is 6.21. The lowest BCUT2D eigenvalue weighted by Gasteiger charge is -2.21. The van der Waals surface area contributed by atoms with E-state index in [-0.39, 0.29) is 36.3 Å². The number of carbonyl (C=O) groups is 1. The molecule has 1 aliphatic rings. The molecule has 3 rings (SSSR count). The van der Waals surface area contributed by atoms with Gasteiger partial charge in [0.25, 0.3) is 0 Å². The van der Waals surface area contributed by atoms with E-state index in [1.807, 2.05) is 0 Å². The molecule has 1 fully saturated rings. The molecule has 0 aromatic heterocycles. The molecular formula is C20H20F2N2O3S. The Morgan fingerprint density at radius 3 is 2.39 bits per heavy atom. The molecule has 1 saturated heterocycles. The number of halogens is 2. The summed E-state index contributed by atoms with van der Waals surface area (Å²) in [7, 11) is -3.74. The number of carbonyl (C=O) groups excluding carboxylic acids is 1. The quantitative estimate of drug-likeness (QED) is 0.734. The second kappa shape index (κ2) is 8.62. The predicted octanol–water partition coefficient (Wildman–Crippen LogP) is 2.90. The zero-order valence-electron chi connectivity index (χ0n) is 15.1. The number of hydrogen-bond donors (Lipinski definition) is 0. The van der Waals surface area contributed by atoms with Gasteiger partial charge in [-0.05, 0) is 54.5 Å². The largest absolute Gasteiger partial charge is 0.338 e. The van der Waals surface area contributed by atoms with Crippen molar-refractivity contribution in [2.24, 2.45) is 0 Å². The molecule has 0 atom stereocenters. The van der Waals surface area contributed by atoms with Crippen LogP contribution in [0, 0.1) is 11.6 Å². The van der Waals surface area contributed by atoms with Crippen LogP contribution in [-0.4, -0.2) is 49.7 Å². The molecule has 2 aromatic carbocycles. The van der Waals surface area contributed by atoms with Gasteiger partial charge < -0.3 is 4.90 Å². The fourth-order valence-electron chi connectivity index (χ4n) is 2.99. The van der Waals surface area contributed by atoms with Crippen LogP contribution in [0.2, 0.25) is 0 Å². The molecule has 28 heavy (non-hydrogen) atoms. The highest BCUT2D eigenvalue weighted by Crippen LogP contribution is 2.18. The van der Waals surface area contributed by atoms with E-state index in [2.05, 4.69) is 0 Å². The fourth-order valence-corrected chi connectivity index (χ4v) is 4.46. The molecule has 1 heterocycles. The Bertz CT molecular complexity index is 975. The first-order valence-corrected chi connectivity index (χ1v) is 10.3. The maximum absolute atomic E-state index is 13.2. The fraction of sp³-hybridized carbons (Fsp3) is 0.250. The topological polar surface area (TPSA) is 57.7 Å². The third-order valence-corrected chi connectivity index (χ3v) is 6.40. The van der Waals surface area contributed by atoms with Gasteiger partial charge in [0.1, 0.15) is 11.6 Å². The van der Waals surface area contributed by atoms with Gasteiger partial charge >= 0.3 is 0 Å². The SMILES string of the molecule is O=C(C=Cc1cccc(F)c1)N1CCCN(S(=O)(=O)c2ccc(F)cc2)CC1. The average molecular weight is 406 g/mol. The van der Waals surface area contributed by atoms with E-state index < -0.39 is 15.8 Å². The van der Waals surface area contributed by atoms with Gasteiger partial charge in [0, 0.05) is 32.3 Å². The van der Waals surface area contributed by atoms with Gasteiger partial charge in [-0.1, -0.05) is 12.1 Å². The van der Waals surface area contributed by atoms with E-state index >= 15 is 0 Å². The lowest BCUT2D eigenvalue weighted by atomic mass is 10.2. The van der Waals surface area contributed by atoms with Crippen LogP contribution < -0.4 is 0 Å². The number of sulfonamides is 1. The highest BCUT2D eigenvalue weighted by atomic mass is 32.2. The zero-order valence-corrected chi connectivity index (χ0v) is 15.9. The Balaban J connectivity index is 1.65. The highest BCUT2D eigenvalue weighted by Gasteiger charge is 2.27. The summed E-state index contributed by atoms with van der Waals surface area (Å²) < 4.78 is 53.0. The maximum atomic E-state index is 13.2. The van der Waals surface area contributed by atoms with Crippen LogP contribution in [0.3, 0.4) is 0 Å². The van der Waals surface area contributed by atoms with Crippen molar-refractivity contribution in [1.82, 2.24) is 9.21 Å². The Morgan fingerprint density at radius 2 is 1.68 bits per heavy atom.